The monoisotopic (exact) mass is 397 g/mol. The molecule has 2 aromatic rings. The van der Waals surface area contributed by atoms with Crippen LogP contribution in [0.4, 0.5) is 0 Å². The molecule has 1 aliphatic rings. The molecular weight excluding hydrogens is 370 g/mol. The molecule has 1 aliphatic heterocycles. The quantitative estimate of drug-likeness (QED) is 0.547. The Morgan fingerprint density at radius 2 is 1.93 bits per heavy atom. The van der Waals surface area contributed by atoms with Gasteiger partial charge in [0, 0.05) is 13.1 Å². The number of ether oxygens (including phenoxy) is 3. The van der Waals surface area contributed by atoms with Gasteiger partial charge in [0.05, 0.1) is 33.1 Å². The first-order chi connectivity index (χ1) is 14.1. The second-order valence-corrected chi connectivity index (χ2v) is 6.87. The number of methoxy groups -OCH3 is 1. The average molecular weight is 397 g/mol. The predicted octanol–water partition coefficient (Wildman–Crippen LogP) is 2.36. The number of hydrogen-bond acceptors (Lipinski definition) is 6. The third-order valence-electron chi connectivity index (χ3n) is 4.58. The molecule has 154 valence electrons. The Morgan fingerprint density at radius 1 is 1.17 bits per heavy atom. The molecule has 1 heterocycles. The summed E-state index contributed by atoms with van der Waals surface area (Å²) in [5.41, 5.74) is 5.66. The van der Waals surface area contributed by atoms with Gasteiger partial charge < -0.3 is 14.2 Å². The minimum absolute atomic E-state index is 0.145. The summed E-state index contributed by atoms with van der Waals surface area (Å²) >= 11 is 0. The van der Waals surface area contributed by atoms with Gasteiger partial charge in [0.25, 0.3) is 5.91 Å². The lowest BCUT2D eigenvalue weighted by Crippen LogP contribution is -2.42. The van der Waals surface area contributed by atoms with Gasteiger partial charge >= 0.3 is 0 Å². The molecule has 1 N–H and O–H groups in total. The number of benzene rings is 2. The Hall–Kier alpha value is -2.90. The van der Waals surface area contributed by atoms with Gasteiger partial charge in [0.15, 0.2) is 11.5 Å². The maximum atomic E-state index is 12.0. The van der Waals surface area contributed by atoms with E-state index in [-0.39, 0.29) is 5.91 Å². The molecule has 0 spiro atoms. The van der Waals surface area contributed by atoms with Crippen LogP contribution in [0.15, 0.2) is 47.6 Å². The molecule has 0 aliphatic carbocycles. The van der Waals surface area contributed by atoms with Crippen LogP contribution >= 0.6 is 0 Å². The molecular formula is C22H27N3O4. The number of rotatable bonds is 8. The van der Waals surface area contributed by atoms with Crippen LogP contribution in [0.5, 0.6) is 11.5 Å². The SMILES string of the molecule is COc1cc(/C=N\NC(=O)CN2CCOCC2)ccc1OCc1ccc(C)cc1. The van der Waals surface area contributed by atoms with Gasteiger partial charge in [-0.05, 0) is 36.2 Å². The molecule has 7 heteroatoms. The molecule has 0 atom stereocenters. The number of carbonyl (C=O) groups excluding carboxylic acids is 1. The maximum absolute atomic E-state index is 12.0. The molecule has 0 radical (unpaired) electrons. The highest BCUT2D eigenvalue weighted by Gasteiger charge is 2.13. The fourth-order valence-electron chi connectivity index (χ4n) is 2.91. The molecule has 0 saturated carbocycles. The van der Waals surface area contributed by atoms with Crippen molar-refractivity contribution in [1.82, 2.24) is 10.3 Å². The van der Waals surface area contributed by atoms with Crippen LogP contribution in [-0.4, -0.2) is 57.0 Å². The zero-order valence-corrected chi connectivity index (χ0v) is 16.9. The molecule has 1 fully saturated rings. The second kappa shape index (κ2) is 10.6. The Labute approximate surface area is 171 Å². The fourth-order valence-corrected chi connectivity index (χ4v) is 2.91. The Bertz CT molecular complexity index is 830. The van der Waals surface area contributed by atoms with Crippen LogP contribution in [0.1, 0.15) is 16.7 Å². The van der Waals surface area contributed by atoms with Crippen molar-refractivity contribution in [2.24, 2.45) is 5.10 Å². The molecule has 29 heavy (non-hydrogen) atoms. The van der Waals surface area contributed by atoms with E-state index in [0.717, 1.165) is 24.2 Å². The smallest absolute Gasteiger partial charge is 0.254 e. The highest BCUT2D eigenvalue weighted by atomic mass is 16.5. The lowest BCUT2D eigenvalue weighted by atomic mass is 10.2. The minimum Gasteiger partial charge on any atom is -0.493 e. The van der Waals surface area contributed by atoms with Gasteiger partial charge in [-0.15, -0.1) is 0 Å². The number of hydrogen-bond donors (Lipinski definition) is 1. The van der Waals surface area contributed by atoms with Gasteiger partial charge in [0.2, 0.25) is 0 Å². The summed E-state index contributed by atoms with van der Waals surface area (Å²) in [6.07, 6.45) is 1.59. The second-order valence-electron chi connectivity index (χ2n) is 6.87. The molecule has 3 rings (SSSR count). The normalized spacial score (nSPS) is 14.7. The summed E-state index contributed by atoms with van der Waals surface area (Å²) in [5.74, 6) is 1.12. The number of aryl methyl sites for hydroxylation is 1. The first kappa shape index (κ1) is 20.8. The van der Waals surface area contributed by atoms with E-state index in [0.29, 0.717) is 37.9 Å². The number of nitrogens with one attached hydrogen (secondary N) is 1. The van der Waals surface area contributed by atoms with Crippen LogP contribution in [0.25, 0.3) is 0 Å². The van der Waals surface area contributed by atoms with E-state index in [1.165, 1.54) is 5.56 Å². The summed E-state index contributed by atoms with van der Waals surface area (Å²) in [7, 11) is 1.60. The van der Waals surface area contributed by atoms with E-state index in [9.17, 15) is 4.79 Å². The molecule has 0 bridgehead atoms. The van der Waals surface area contributed by atoms with Crippen LogP contribution < -0.4 is 14.9 Å². The molecule has 0 aromatic heterocycles. The van der Waals surface area contributed by atoms with Crippen molar-refractivity contribution in [2.45, 2.75) is 13.5 Å². The molecule has 0 unspecified atom stereocenters. The van der Waals surface area contributed by atoms with Crippen molar-refractivity contribution in [3.63, 3.8) is 0 Å². The van der Waals surface area contributed by atoms with Crippen molar-refractivity contribution in [3.8, 4) is 11.5 Å². The van der Waals surface area contributed by atoms with E-state index in [1.807, 2.05) is 35.2 Å². The van der Waals surface area contributed by atoms with Crippen LogP contribution in [-0.2, 0) is 16.1 Å². The van der Waals surface area contributed by atoms with Gasteiger partial charge in [0.1, 0.15) is 6.61 Å². The molecule has 1 amide bonds. The number of nitrogens with zero attached hydrogens (tertiary/aromatic N) is 2. The van der Waals surface area contributed by atoms with Crippen molar-refractivity contribution in [2.75, 3.05) is 40.0 Å². The standard InChI is InChI=1S/C22H27N3O4/c1-17-3-5-18(6-4-17)16-29-20-8-7-19(13-21(20)27-2)14-23-24-22(26)15-25-9-11-28-12-10-25/h3-8,13-14H,9-12,15-16H2,1-2H3,(H,24,26)/b23-14-. The predicted molar refractivity (Wildman–Crippen MR) is 112 cm³/mol. The van der Waals surface area contributed by atoms with Crippen LogP contribution in [0.2, 0.25) is 0 Å². The Kier molecular flexibility index (Phi) is 7.61. The zero-order chi connectivity index (χ0) is 20.5. The summed E-state index contributed by atoms with van der Waals surface area (Å²) in [4.78, 5) is 14.0. The maximum Gasteiger partial charge on any atom is 0.254 e. The van der Waals surface area contributed by atoms with Crippen molar-refractivity contribution >= 4 is 12.1 Å². The minimum atomic E-state index is -0.145. The van der Waals surface area contributed by atoms with Crippen molar-refractivity contribution in [3.05, 3.63) is 59.2 Å². The number of morpholine rings is 1. The summed E-state index contributed by atoms with van der Waals surface area (Å²) in [5, 5.41) is 4.04. The third kappa shape index (κ3) is 6.58. The number of amides is 1. The largest absolute Gasteiger partial charge is 0.493 e. The fraction of sp³-hybridized carbons (Fsp3) is 0.364. The first-order valence-corrected chi connectivity index (χ1v) is 9.62. The van der Waals surface area contributed by atoms with Crippen LogP contribution in [0, 0.1) is 6.92 Å². The summed E-state index contributed by atoms with van der Waals surface area (Å²) < 4.78 is 16.6. The molecule has 7 nitrogen and oxygen atoms in total. The van der Waals surface area contributed by atoms with Crippen molar-refractivity contribution in [1.29, 1.82) is 0 Å². The number of carbonyl (C=O) groups is 1. The van der Waals surface area contributed by atoms with E-state index in [1.54, 1.807) is 13.3 Å². The van der Waals surface area contributed by atoms with Crippen molar-refractivity contribution < 1.29 is 19.0 Å². The topological polar surface area (TPSA) is 72.4 Å². The van der Waals surface area contributed by atoms with Gasteiger partial charge in [-0.1, -0.05) is 29.8 Å². The van der Waals surface area contributed by atoms with Gasteiger partial charge in [-0.2, -0.15) is 5.10 Å². The lowest BCUT2D eigenvalue weighted by Gasteiger charge is -2.25. The third-order valence-corrected chi connectivity index (χ3v) is 4.58. The zero-order valence-electron chi connectivity index (χ0n) is 16.9. The van der Waals surface area contributed by atoms with Gasteiger partial charge in [-0.3, -0.25) is 9.69 Å². The van der Waals surface area contributed by atoms with Gasteiger partial charge in [-0.25, -0.2) is 5.43 Å². The van der Waals surface area contributed by atoms with Crippen LogP contribution in [0.3, 0.4) is 0 Å². The molecule has 1 saturated heterocycles. The van der Waals surface area contributed by atoms with E-state index in [2.05, 4.69) is 29.6 Å². The lowest BCUT2D eigenvalue weighted by molar-refractivity contribution is -0.123. The van der Waals surface area contributed by atoms with E-state index < -0.39 is 0 Å². The molecule has 2 aromatic carbocycles. The highest BCUT2D eigenvalue weighted by molar-refractivity contribution is 5.83. The Balaban J connectivity index is 1.52. The highest BCUT2D eigenvalue weighted by Crippen LogP contribution is 2.28. The number of hydrazone groups is 1. The summed E-state index contributed by atoms with van der Waals surface area (Å²) in [6.45, 7) is 5.68. The summed E-state index contributed by atoms with van der Waals surface area (Å²) in [6, 6.07) is 13.7. The Morgan fingerprint density at radius 3 is 2.66 bits per heavy atom. The van der Waals surface area contributed by atoms with E-state index >= 15 is 0 Å². The van der Waals surface area contributed by atoms with E-state index in [4.69, 9.17) is 14.2 Å². The first-order valence-electron chi connectivity index (χ1n) is 9.62. The average Bonchev–Trinajstić information content (AvgIpc) is 2.74.